The Morgan fingerprint density at radius 3 is 2.21 bits per heavy atom. The Hall–Kier alpha value is -3.64. The van der Waals surface area contributed by atoms with Crippen LogP contribution in [-0.4, -0.2) is 38.6 Å². The van der Waals surface area contributed by atoms with Crippen LogP contribution < -0.4 is 4.74 Å². The van der Waals surface area contributed by atoms with E-state index in [1.165, 1.54) is 0 Å². The van der Waals surface area contributed by atoms with E-state index in [4.69, 9.17) is 19.0 Å². The molecule has 1 heterocycles. The topological polar surface area (TPSA) is 66.4 Å². The van der Waals surface area contributed by atoms with E-state index in [1.807, 2.05) is 85.8 Å². The van der Waals surface area contributed by atoms with Crippen LogP contribution in [0.5, 0.6) is 5.75 Å². The van der Waals surface area contributed by atoms with Crippen LogP contribution in [0.2, 0.25) is 0 Å². The van der Waals surface area contributed by atoms with Crippen molar-refractivity contribution in [2.45, 2.75) is 25.4 Å². The molecule has 1 aliphatic heterocycles. The number of benzene rings is 3. The fourth-order valence-corrected chi connectivity index (χ4v) is 4.00. The van der Waals surface area contributed by atoms with E-state index in [0.29, 0.717) is 32.8 Å². The predicted molar refractivity (Wildman–Crippen MR) is 130 cm³/mol. The zero-order valence-electron chi connectivity index (χ0n) is 19.5. The molecular weight excluding hydrogens is 430 g/mol. The zero-order valence-corrected chi connectivity index (χ0v) is 19.5. The SMILES string of the molecule is CCOC(=O)CC1(c2ccc(OCc3ccc(/C(=N/OC)c4ccccc4)cc3)cc2)COC1. The Morgan fingerprint density at radius 1 is 0.941 bits per heavy atom. The van der Waals surface area contributed by atoms with Gasteiger partial charge in [0.05, 0.1) is 31.7 Å². The van der Waals surface area contributed by atoms with Gasteiger partial charge in [0, 0.05) is 11.1 Å². The highest BCUT2D eigenvalue weighted by Crippen LogP contribution is 2.37. The second-order valence-electron chi connectivity index (χ2n) is 8.25. The minimum atomic E-state index is -0.305. The molecular formula is C28H29NO5. The van der Waals surface area contributed by atoms with Crippen molar-refractivity contribution >= 4 is 11.7 Å². The highest BCUT2D eigenvalue weighted by Gasteiger charge is 2.42. The van der Waals surface area contributed by atoms with Crippen LogP contribution >= 0.6 is 0 Å². The largest absolute Gasteiger partial charge is 0.489 e. The molecule has 0 aromatic heterocycles. The van der Waals surface area contributed by atoms with Crippen LogP contribution in [0.3, 0.4) is 0 Å². The Morgan fingerprint density at radius 2 is 1.62 bits per heavy atom. The highest BCUT2D eigenvalue weighted by atomic mass is 16.6. The number of carbonyl (C=O) groups excluding carboxylic acids is 1. The van der Waals surface area contributed by atoms with Crippen molar-refractivity contribution in [3.05, 3.63) is 101 Å². The van der Waals surface area contributed by atoms with Crippen molar-refractivity contribution < 1.29 is 23.8 Å². The zero-order chi connectivity index (χ0) is 23.8. The quantitative estimate of drug-likeness (QED) is 0.245. The molecule has 0 atom stereocenters. The minimum Gasteiger partial charge on any atom is -0.489 e. The summed E-state index contributed by atoms with van der Waals surface area (Å²) in [5.41, 5.74) is 4.55. The third-order valence-corrected chi connectivity index (χ3v) is 5.87. The maximum Gasteiger partial charge on any atom is 0.306 e. The third-order valence-electron chi connectivity index (χ3n) is 5.87. The Balaban J connectivity index is 1.38. The van der Waals surface area contributed by atoms with Crippen LogP contribution in [0.4, 0.5) is 0 Å². The summed E-state index contributed by atoms with van der Waals surface area (Å²) in [7, 11) is 1.55. The molecule has 0 aliphatic carbocycles. The lowest BCUT2D eigenvalue weighted by molar-refractivity contribution is -0.151. The molecule has 3 aromatic carbocycles. The van der Waals surface area contributed by atoms with Gasteiger partial charge in [0.2, 0.25) is 0 Å². The third kappa shape index (κ3) is 5.46. The Labute approximate surface area is 200 Å². The number of rotatable bonds is 10. The second kappa shape index (κ2) is 11.0. The van der Waals surface area contributed by atoms with Gasteiger partial charge in [0.25, 0.3) is 0 Å². The van der Waals surface area contributed by atoms with E-state index >= 15 is 0 Å². The van der Waals surface area contributed by atoms with E-state index in [1.54, 1.807) is 7.11 Å². The van der Waals surface area contributed by atoms with Gasteiger partial charge in [-0.2, -0.15) is 0 Å². The summed E-state index contributed by atoms with van der Waals surface area (Å²) in [6.07, 6.45) is 0.324. The fraction of sp³-hybridized carbons (Fsp3) is 0.286. The number of nitrogens with zero attached hydrogens (tertiary/aromatic N) is 1. The number of carbonyl (C=O) groups is 1. The van der Waals surface area contributed by atoms with Crippen LogP contribution in [-0.2, 0) is 31.1 Å². The van der Waals surface area contributed by atoms with E-state index in [2.05, 4.69) is 5.16 Å². The molecule has 1 fully saturated rings. The van der Waals surface area contributed by atoms with Gasteiger partial charge >= 0.3 is 5.97 Å². The summed E-state index contributed by atoms with van der Waals surface area (Å²) in [5, 5.41) is 4.20. The maximum absolute atomic E-state index is 12.0. The van der Waals surface area contributed by atoms with E-state index < -0.39 is 0 Å². The fourth-order valence-electron chi connectivity index (χ4n) is 4.00. The lowest BCUT2D eigenvalue weighted by Crippen LogP contribution is -2.48. The Bertz CT molecular complexity index is 1100. The van der Waals surface area contributed by atoms with Gasteiger partial charge in [-0.15, -0.1) is 0 Å². The van der Waals surface area contributed by atoms with Crippen molar-refractivity contribution in [2.24, 2.45) is 5.16 Å². The van der Waals surface area contributed by atoms with Gasteiger partial charge in [-0.1, -0.05) is 71.9 Å². The maximum atomic E-state index is 12.0. The van der Waals surface area contributed by atoms with Gasteiger partial charge in [-0.05, 0) is 30.2 Å². The van der Waals surface area contributed by atoms with Gasteiger partial charge < -0.3 is 19.0 Å². The first kappa shape index (κ1) is 23.5. The predicted octanol–water partition coefficient (Wildman–Crippen LogP) is 4.89. The van der Waals surface area contributed by atoms with Gasteiger partial charge in [0.15, 0.2) is 0 Å². The first-order valence-electron chi connectivity index (χ1n) is 11.4. The van der Waals surface area contributed by atoms with Crippen LogP contribution in [0.15, 0.2) is 84.0 Å². The van der Waals surface area contributed by atoms with Crippen molar-refractivity contribution in [3.8, 4) is 5.75 Å². The molecule has 176 valence electrons. The first-order valence-corrected chi connectivity index (χ1v) is 11.4. The lowest BCUT2D eigenvalue weighted by Gasteiger charge is -2.41. The van der Waals surface area contributed by atoms with Gasteiger partial charge in [-0.25, -0.2) is 0 Å². The molecule has 6 nitrogen and oxygen atoms in total. The molecule has 3 aromatic rings. The molecule has 0 N–H and O–H groups in total. The molecule has 0 amide bonds. The van der Waals surface area contributed by atoms with Crippen LogP contribution in [0.25, 0.3) is 0 Å². The summed E-state index contributed by atoms with van der Waals surface area (Å²) >= 11 is 0. The summed E-state index contributed by atoms with van der Waals surface area (Å²) in [4.78, 5) is 17.1. The molecule has 6 heteroatoms. The van der Waals surface area contributed by atoms with Crippen molar-refractivity contribution in [2.75, 3.05) is 26.9 Å². The normalized spacial score (nSPS) is 14.7. The van der Waals surface area contributed by atoms with Gasteiger partial charge in [-0.3, -0.25) is 4.79 Å². The van der Waals surface area contributed by atoms with Crippen molar-refractivity contribution in [1.29, 1.82) is 0 Å². The first-order chi connectivity index (χ1) is 16.6. The summed E-state index contributed by atoms with van der Waals surface area (Å²) in [5.74, 6) is 0.575. The minimum absolute atomic E-state index is 0.194. The second-order valence-corrected chi connectivity index (χ2v) is 8.25. The molecule has 4 rings (SSSR count). The average Bonchev–Trinajstić information content (AvgIpc) is 2.85. The Kier molecular flexibility index (Phi) is 7.60. The van der Waals surface area contributed by atoms with E-state index in [9.17, 15) is 4.79 Å². The van der Waals surface area contributed by atoms with E-state index in [0.717, 1.165) is 33.7 Å². The highest BCUT2D eigenvalue weighted by molar-refractivity contribution is 6.12. The van der Waals surface area contributed by atoms with Crippen molar-refractivity contribution in [1.82, 2.24) is 0 Å². The molecule has 34 heavy (non-hydrogen) atoms. The number of hydrogen-bond acceptors (Lipinski definition) is 6. The molecule has 1 aliphatic rings. The van der Waals surface area contributed by atoms with Crippen LogP contribution in [0, 0.1) is 0 Å². The summed E-state index contributed by atoms with van der Waals surface area (Å²) in [6.45, 7) is 3.69. The monoisotopic (exact) mass is 459 g/mol. The number of hydrogen-bond donors (Lipinski definition) is 0. The molecule has 1 saturated heterocycles. The average molecular weight is 460 g/mol. The van der Waals surface area contributed by atoms with Crippen LogP contribution in [0.1, 0.15) is 35.6 Å². The lowest BCUT2D eigenvalue weighted by atomic mass is 9.76. The molecule has 0 unspecified atom stereocenters. The van der Waals surface area contributed by atoms with E-state index in [-0.39, 0.29) is 11.4 Å². The van der Waals surface area contributed by atoms with Crippen molar-refractivity contribution in [3.63, 3.8) is 0 Å². The number of ether oxygens (including phenoxy) is 3. The smallest absolute Gasteiger partial charge is 0.306 e. The molecule has 0 spiro atoms. The molecule has 0 bridgehead atoms. The van der Waals surface area contributed by atoms with Gasteiger partial charge in [0.1, 0.15) is 25.2 Å². The summed E-state index contributed by atoms with van der Waals surface area (Å²) < 4.78 is 16.5. The summed E-state index contributed by atoms with van der Waals surface area (Å²) in [6, 6.07) is 25.9. The number of oxime groups is 1. The molecule has 0 saturated carbocycles. The number of esters is 1. The standard InChI is InChI=1S/C28H29NO5/c1-3-33-26(30)17-28(19-32-20-28)24-13-15-25(16-14-24)34-18-21-9-11-23(12-10-21)27(29-31-2)22-7-5-4-6-8-22/h4-16H,3,17-20H2,1-2H3/b29-27+. The molecule has 0 radical (unpaired) electrons.